The van der Waals surface area contributed by atoms with Gasteiger partial charge in [0.2, 0.25) is 0 Å². The summed E-state index contributed by atoms with van der Waals surface area (Å²) < 4.78 is 42.8. The van der Waals surface area contributed by atoms with Gasteiger partial charge < -0.3 is 15.1 Å². The van der Waals surface area contributed by atoms with Crippen LogP contribution in [0.1, 0.15) is 31.1 Å². The Balaban J connectivity index is 1.40. The fourth-order valence-corrected chi connectivity index (χ4v) is 3.91. The zero-order chi connectivity index (χ0) is 19.3. The second-order valence-corrected chi connectivity index (χ2v) is 7.37. The maximum Gasteiger partial charge on any atom is 0.401 e. The molecule has 27 heavy (non-hydrogen) atoms. The number of rotatable bonds is 7. The Labute approximate surface area is 157 Å². The Morgan fingerprint density at radius 1 is 1.26 bits per heavy atom. The van der Waals surface area contributed by atoms with Gasteiger partial charge in [0.25, 0.3) is 0 Å². The Bertz CT molecular complexity index is 588. The van der Waals surface area contributed by atoms with E-state index in [1.54, 1.807) is 6.26 Å². The number of likely N-dealkylation sites (tertiary alicyclic amines) is 2. The summed E-state index contributed by atoms with van der Waals surface area (Å²) in [5.74, 6) is 0.883. The van der Waals surface area contributed by atoms with Crippen LogP contribution >= 0.6 is 0 Å². The lowest BCUT2D eigenvalue weighted by molar-refractivity contribution is -0.143. The molecule has 1 aromatic heterocycles. The van der Waals surface area contributed by atoms with Crippen LogP contribution in [-0.4, -0.2) is 67.8 Å². The van der Waals surface area contributed by atoms with Crippen molar-refractivity contribution in [3.63, 3.8) is 0 Å². The summed E-state index contributed by atoms with van der Waals surface area (Å²) >= 11 is 0. The molecule has 3 heterocycles. The molecule has 9 heteroatoms. The standard InChI is InChI=1S/C18H27F3N4O2/c19-18(20,21)13-24-8-5-14(12-24)10-22-17(26)23-11-15(16-4-3-9-27-16)25-6-1-2-7-25/h3-4,9,14-15H,1-2,5-8,10-13H2,(H2,22,23,26). The molecule has 2 amide bonds. The molecule has 2 saturated heterocycles. The van der Waals surface area contributed by atoms with E-state index in [9.17, 15) is 18.0 Å². The molecule has 2 atom stereocenters. The molecule has 3 rings (SSSR count). The van der Waals surface area contributed by atoms with Crippen LogP contribution in [-0.2, 0) is 0 Å². The SMILES string of the molecule is O=C(NCC1CCN(CC(F)(F)F)C1)NCC(c1ccco1)N1CCCC1. The van der Waals surface area contributed by atoms with Crippen molar-refractivity contribution in [2.24, 2.45) is 5.92 Å². The summed E-state index contributed by atoms with van der Waals surface area (Å²) in [5.41, 5.74) is 0. The van der Waals surface area contributed by atoms with Crippen molar-refractivity contribution < 1.29 is 22.4 Å². The van der Waals surface area contributed by atoms with Crippen LogP contribution in [0.3, 0.4) is 0 Å². The van der Waals surface area contributed by atoms with E-state index in [4.69, 9.17) is 4.42 Å². The van der Waals surface area contributed by atoms with Gasteiger partial charge in [-0.3, -0.25) is 9.80 Å². The van der Waals surface area contributed by atoms with Crippen molar-refractivity contribution >= 4 is 6.03 Å². The summed E-state index contributed by atoms with van der Waals surface area (Å²) in [4.78, 5) is 15.8. The monoisotopic (exact) mass is 388 g/mol. The molecular weight excluding hydrogens is 361 g/mol. The number of hydrogen-bond donors (Lipinski definition) is 2. The lowest BCUT2D eigenvalue weighted by Crippen LogP contribution is -2.43. The normalized spacial score (nSPS) is 22.9. The quantitative estimate of drug-likeness (QED) is 0.754. The van der Waals surface area contributed by atoms with Gasteiger partial charge in [0.1, 0.15) is 5.76 Å². The van der Waals surface area contributed by atoms with Crippen molar-refractivity contribution in [1.29, 1.82) is 0 Å². The fourth-order valence-electron chi connectivity index (χ4n) is 3.91. The molecule has 6 nitrogen and oxygen atoms in total. The van der Waals surface area contributed by atoms with Crippen LogP contribution in [0.15, 0.2) is 22.8 Å². The highest BCUT2D eigenvalue weighted by Crippen LogP contribution is 2.25. The van der Waals surface area contributed by atoms with E-state index in [0.717, 1.165) is 31.7 Å². The zero-order valence-electron chi connectivity index (χ0n) is 15.3. The van der Waals surface area contributed by atoms with Crippen molar-refractivity contribution in [2.75, 3.05) is 45.8 Å². The molecular formula is C18H27F3N4O2. The van der Waals surface area contributed by atoms with Gasteiger partial charge in [0, 0.05) is 19.6 Å². The van der Waals surface area contributed by atoms with Crippen molar-refractivity contribution in [3.05, 3.63) is 24.2 Å². The Kier molecular flexibility index (Phi) is 6.64. The minimum absolute atomic E-state index is 0.00186. The number of halogens is 3. The Morgan fingerprint density at radius 2 is 2.04 bits per heavy atom. The second kappa shape index (κ2) is 8.97. The molecule has 2 unspecified atom stereocenters. The predicted molar refractivity (Wildman–Crippen MR) is 94.3 cm³/mol. The maximum absolute atomic E-state index is 12.4. The molecule has 0 saturated carbocycles. The topological polar surface area (TPSA) is 60.8 Å². The third-order valence-corrected chi connectivity index (χ3v) is 5.23. The molecule has 0 aromatic carbocycles. The number of carbonyl (C=O) groups excluding carboxylic acids is 1. The molecule has 2 aliphatic heterocycles. The van der Waals surface area contributed by atoms with Gasteiger partial charge in [-0.15, -0.1) is 0 Å². The molecule has 1 aromatic rings. The Morgan fingerprint density at radius 3 is 2.70 bits per heavy atom. The zero-order valence-corrected chi connectivity index (χ0v) is 15.3. The van der Waals surface area contributed by atoms with Gasteiger partial charge in [0.05, 0.1) is 18.8 Å². The molecule has 2 aliphatic rings. The lowest BCUT2D eigenvalue weighted by Gasteiger charge is -2.26. The second-order valence-electron chi connectivity index (χ2n) is 7.37. The Hall–Kier alpha value is -1.74. The fraction of sp³-hybridized carbons (Fsp3) is 0.722. The number of carbonyl (C=O) groups is 1. The van der Waals surface area contributed by atoms with Crippen LogP contribution in [0.5, 0.6) is 0 Å². The minimum atomic E-state index is -4.17. The van der Waals surface area contributed by atoms with E-state index in [2.05, 4.69) is 15.5 Å². The van der Waals surface area contributed by atoms with Crippen LogP contribution in [0, 0.1) is 5.92 Å². The van der Waals surface area contributed by atoms with Gasteiger partial charge in [-0.25, -0.2) is 4.79 Å². The van der Waals surface area contributed by atoms with Gasteiger partial charge in [-0.05, 0) is 56.9 Å². The largest absolute Gasteiger partial charge is 0.468 e. The highest BCUT2D eigenvalue weighted by atomic mass is 19.4. The number of urea groups is 1. The minimum Gasteiger partial charge on any atom is -0.468 e. The maximum atomic E-state index is 12.4. The van der Waals surface area contributed by atoms with Crippen LogP contribution in [0.4, 0.5) is 18.0 Å². The highest BCUT2D eigenvalue weighted by Gasteiger charge is 2.34. The first-order chi connectivity index (χ1) is 12.9. The molecule has 0 bridgehead atoms. The number of alkyl halides is 3. The molecule has 2 N–H and O–H groups in total. The van der Waals surface area contributed by atoms with Crippen molar-refractivity contribution in [3.8, 4) is 0 Å². The predicted octanol–water partition coefficient (Wildman–Crippen LogP) is 2.60. The van der Waals surface area contributed by atoms with E-state index in [1.807, 2.05) is 12.1 Å². The molecule has 0 radical (unpaired) electrons. The van der Waals surface area contributed by atoms with E-state index < -0.39 is 12.7 Å². The summed E-state index contributed by atoms with van der Waals surface area (Å²) in [5, 5.41) is 5.67. The number of nitrogens with zero attached hydrogens (tertiary/aromatic N) is 2. The first-order valence-corrected chi connectivity index (χ1v) is 9.49. The first-order valence-electron chi connectivity index (χ1n) is 9.49. The summed E-state index contributed by atoms with van der Waals surface area (Å²) in [6, 6.07) is 3.46. The number of hydrogen-bond acceptors (Lipinski definition) is 4. The first kappa shape index (κ1) is 20.0. The average Bonchev–Trinajstić information content (AvgIpc) is 3.35. The third kappa shape index (κ3) is 6.14. The van der Waals surface area contributed by atoms with Crippen LogP contribution in [0.25, 0.3) is 0 Å². The smallest absolute Gasteiger partial charge is 0.401 e. The molecule has 152 valence electrons. The van der Waals surface area contributed by atoms with E-state index in [-0.39, 0.29) is 18.0 Å². The number of amides is 2. The van der Waals surface area contributed by atoms with E-state index >= 15 is 0 Å². The summed E-state index contributed by atoms with van der Waals surface area (Å²) in [6.07, 6.45) is 0.402. The van der Waals surface area contributed by atoms with E-state index in [0.29, 0.717) is 32.6 Å². The van der Waals surface area contributed by atoms with Crippen LogP contribution in [0.2, 0.25) is 0 Å². The van der Waals surface area contributed by atoms with Gasteiger partial charge >= 0.3 is 12.2 Å². The van der Waals surface area contributed by atoms with E-state index in [1.165, 1.54) is 4.90 Å². The summed E-state index contributed by atoms with van der Waals surface area (Å²) in [7, 11) is 0. The third-order valence-electron chi connectivity index (χ3n) is 5.23. The molecule has 0 spiro atoms. The van der Waals surface area contributed by atoms with Gasteiger partial charge in [-0.1, -0.05) is 0 Å². The van der Waals surface area contributed by atoms with Crippen molar-refractivity contribution in [2.45, 2.75) is 31.5 Å². The lowest BCUT2D eigenvalue weighted by atomic mass is 10.1. The summed E-state index contributed by atoms with van der Waals surface area (Å²) in [6.45, 7) is 2.68. The van der Waals surface area contributed by atoms with Gasteiger partial charge in [0.15, 0.2) is 0 Å². The highest BCUT2D eigenvalue weighted by molar-refractivity contribution is 5.73. The number of furan rings is 1. The molecule has 2 fully saturated rings. The van der Waals surface area contributed by atoms with Crippen LogP contribution < -0.4 is 10.6 Å². The average molecular weight is 388 g/mol. The van der Waals surface area contributed by atoms with Gasteiger partial charge in [-0.2, -0.15) is 13.2 Å². The molecule has 0 aliphatic carbocycles. The van der Waals surface area contributed by atoms with Crippen molar-refractivity contribution in [1.82, 2.24) is 20.4 Å². The number of nitrogens with one attached hydrogen (secondary N) is 2.